The molecule has 0 aliphatic carbocycles. The normalized spacial score (nSPS) is 15.2. The third kappa shape index (κ3) is 7.64. The fraction of sp³-hybridized carbons (Fsp3) is 0.500. The molecule has 1 aliphatic heterocycles. The van der Waals surface area contributed by atoms with Crippen LogP contribution in [0.15, 0.2) is 24.3 Å². The molecule has 0 bridgehead atoms. The van der Waals surface area contributed by atoms with Crippen LogP contribution in [0.1, 0.15) is 25.7 Å². The number of anilines is 1. The summed E-state index contributed by atoms with van der Waals surface area (Å²) in [6, 6.07) is 8.18. The van der Waals surface area contributed by atoms with Gasteiger partial charge in [-0.15, -0.1) is 0 Å². The first kappa shape index (κ1) is 21.3. The molecular formula is C16H21AsCl2N2O2S2. The second-order valence-corrected chi connectivity index (χ2v) is 18.2. The Hall–Kier alpha value is -0.00156. The van der Waals surface area contributed by atoms with Gasteiger partial charge in [0.05, 0.1) is 0 Å². The standard InChI is InChI=1S/C16H21AsCl2N2O2S2/c18-15(19)16(23)20-9-4-3-8-14(22)21-13-7-2-1-6-12(13)17-24-10-5-11-25-17/h1-2,6-7,15H,3-5,8-11H2,(H,20,23)(H,21,22). The van der Waals surface area contributed by atoms with E-state index in [-0.39, 0.29) is 5.91 Å². The first-order valence-electron chi connectivity index (χ1n) is 8.08. The molecule has 25 heavy (non-hydrogen) atoms. The van der Waals surface area contributed by atoms with Crippen molar-refractivity contribution in [2.45, 2.75) is 30.5 Å². The van der Waals surface area contributed by atoms with Crippen molar-refractivity contribution in [1.29, 1.82) is 0 Å². The average molecular weight is 483 g/mol. The topological polar surface area (TPSA) is 58.2 Å². The number of hydrogen-bond acceptors (Lipinski definition) is 4. The summed E-state index contributed by atoms with van der Waals surface area (Å²) in [4.78, 5) is 22.4. The predicted molar refractivity (Wildman–Crippen MR) is 112 cm³/mol. The summed E-state index contributed by atoms with van der Waals surface area (Å²) in [6.45, 7) is 0.473. The molecule has 2 N–H and O–H groups in total. The number of carbonyl (C=O) groups is 2. The Morgan fingerprint density at radius 1 is 1.16 bits per heavy atom. The van der Waals surface area contributed by atoms with Crippen LogP contribution in [0.5, 0.6) is 0 Å². The minimum atomic E-state index is -1.17. The number of rotatable bonds is 8. The van der Waals surface area contributed by atoms with Gasteiger partial charge in [0.25, 0.3) is 0 Å². The molecule has 138 valence electrons. The number of benzene rings is 1. The van der Waals surface area contributed by atoms with Crippen LogP contribution < -0.4 is 15.0 Å². The van der Waals surface area contributed by atoms with Crippen LogP contribution in [-0.2, 0) is 9.59 Å². The van der Waals surface area contributed by atoms with Crippen LogP contribution in [0.25, 0.3) is 0 Å². The Morgan fingerprint density at radius 2 is 1.88 bits per heavy atom. The van der Waals surface area contributed by atoms with Crippen molar-refractivity contribution in [2.24, 2.45) is 0 Å². The number of alkyl halides is 2. The predicted octanol–water partition coefficient (Wildman–Crippen LogP) is 3.28. The number of hydrogen-bond donors (Lipinski definition) is 2. The van der Waals surface area contributed by atoms with Gasteiger partial charge in [-0.2, -0.15) is 0 Å². The number of unbranched alkanes of at least 4 members (excludes halogenated alkanes) is 1. The summed E-state index contributed by atoms with van der Waals surface area (Å²) in [5.41, 5.74) is 0.967. The van der Waals surface area contributed by atoms with Gasteiger partial charge in [0.1, 0.15) is 0 Å². The zero-order chi connectivity index (χ0) is 18.1. The van der Waals surface area contributed by atoms with E-state index in [1.165, 1.54) is 22.3 Å². The molecule has 0 aromatic heterocycles. The molecule has 1 aromatic rings. The van der Waals surface area contributed by atoms with E-state index in [0.29, 0.717) is 25.8 Å². The number of para-hydroxylation sites is 1. The first-order valence-corrected chi connectivity index (χ1v) is 16.4. The van der Waals surface area contributed by atoms with Gasteiger partial charge < -0.3 is 0 Å². The monoisotopic (exact) mass is 482 g/mol. The van der Waals surface area contributed by atoms with Crippen LogP contribution >= 0.6 is 43.3 Å². The summed E-state index contributed by atoms with van der Waals surface area (Å²) in [7, 11) is 4.17. The molecule has 0 atom stereocenters. The fourth-order valence-corrected chi connectivity index (χ4v) is 15.9. The van der Waals surface area contributed by atoms with Crippen molar-refractivity contribution >= 4 is 77.4 Å². The third-order valence-corrected chi connectivity index (χ3v) is 17.4. The molecule has 2 rings (SSSR count). The van der Waals surface area contributed by atoms with Gasteiger partial charge in [-0.05, 0) is 0 Å². The van der Waals surface area contributed by atoms with Gasteiger partial charge in [-0.25, -0.2) is 0 Å². The average Bonchev–Trinajstić information content (AvgIpc) is 2.62. The second-order valence-electron chi connectivity index (χ2n) is 5.39. The van der Waals surface area contributed by atoms with E-state index in [1.54, 1.807) is 0 Å². The number of carbonyl (C=O) groups excluding carboxylic acids is 2. The molecule has 9 heteroatoms. The Bertz CT molecular complexity index is 587. The summed E-state index contributed by atoms with van der Waals surface area (Å²) < 4.78 is 1.33. The molecule has 1 aliphatic rings. The SMILES string of the molecule is O=C(CCCCNC(=O)C(Cl)Cl)Nc1ccccc1[As]1SCCCS1. The minimum absolute atomic E-state index is 0.0207. The molecule has 0 saturated carbocycles. The van der Waals surface area contributed by atoms with E-state index in [2.05, 4.69) is 42.8 Å². The van der Waals surface area contributed by atoms with Gasteiger partial charge in [0.2, 0.25) is 0 Å². The van der Waals surface area contributed by atoms with Gasteiger partial charge in [-0.1, -0.05) is 0 Å². The molecule has 1 saturated heterocycles. The Morgan fingerprint density at radius 3 is 2.60 bits per heavy atom. The maximum absolute atomic E-state index is 12.2. The molecule has 0 radical (unpaired) electrons. The van der Waals surface area contributed by atoms with E-state index in [4.69, 9.17) is 23.2 Å². The van der Waals surface area contributed by atoms with E-state index < -0.39 is 23.1 Å². The second kappa shape index (κ2) is 11.7. The Kier molecular flexibility index (Phi) is 9.93. The summed E-state index contributed by atoms with van der Waals surface area (Å²) in [5, 5.41) is 5.69. The molecule has 0 unspecified atom stereocenters. The van der Waals surface area contributed by atoms with E-state index >= 15 is 0 Å². The molecule has 1 heterocycles. The first-order chi connectivity index (χ1) is 12.1. The number of halogens is 2. The molecule has 0 spiro atoms. The molecule has 1 aromatic carbocycles. The van der Waals surface area contributed by atoms with Crippen LogP contribution in [0.2, 0.25) is 0 Å². The molecular weight excluding hydrogens is 462 g/mol. The van der Waals surface area contributed by atoms with Gasteiger partial charge in [0, 0.05) is 0 Å². The van der Waals surface area contributed by atoms with E-state index in [0.717, 1.165) is 5.69 Å². The van der Waals surface area contributed by atoms with Crippen LogP contribution in [0, 0.1) is 0 Å². The van der Waals surface area contributed by atoms with Crippen molar-refractivity contribution in [2.75, 3.05) is 23.4 Å². The summed E-state index contributed by atoms with van der Waals surface area (Å²) >= 11 is 9.73. The maximum atomic E-state index is 12.2. The van der Waals surface area contributed by atoms with Crippen LogP contribution in [0.3, 0.4) is 0 Å². The Labute approximate surface area is 169 Å². The molecule has 2 amide bonds. The summed E-state index contributed by atoms with van der Waals surface area (Å²) in [6.07, 6.45) is 3.13. The van der Waals surface area contributed by atoms with E-state index in [9.17, 15) is 9.59 Å². The zero-order valence-electron chi connectivity index (χ0n) is 13.7. The van der Waals surface area contributed by atoms with Crippen molar-refractivity contribution < 1.29 is 9.59 Å². The number of nitrogens with one attached hydrogen (secondary N) is 2. The van der Waals surface area contributed by atoms with Crippen molar-refractivity contribution in [3.05, 3.63) is 24.3 Å². The third-order valence-electron chi connectivity index (χ3n) is 3.41. The van der Waals surface area contributed by atoms with Crippen molar-refractivity contribution in [3.63, 3.8) is 0 Å². The van der Waals surface area contributed by atoms with Crippen molar-refractivity contribution in [1.82, 2.24) is 5.32 Å². The van der Waals surface area contributed by atoms with Crippen LogP contribution in [0.4, 0.5) is 5.69 Å². The molecule has 1 fully saturated rings. The quantitative estimate of drug-likeness (QED) is 0.339. The van der Waals surface area contributed by atoms with E-state index in [1.807, 2.05) is 12.1 Å². The fourth-order valence-electron chi connectivity index (χ4n) is 2.18. The Balaban J connectivity index is 1.76. The zero-order valence-corrected chi connectivity index (χ0v) is 18.7. The van der Waals surface area contributed by atoms with Gasteiger partial charge in [-0.3, -0.25) is 0 Å². The molecule has 4 nitrogen and oxygen atoms in total. The van der Waals surface area contributed by atoms with Gasteiger partial charge in [0.15, 0.2) is 0 Å². The van der Waals surface area contributed by atoms with Crippen LogP contribution in [-0.4, -0.2) is 47.0 Å². The number of amides is 2. The van der Waals surface area contributed by atoms with Crippen molar-refractivity contribution in [3.8, 4) is 0 Å². The summed E-state index contributed by atoms with van der Waals surface area (Å²) in [5.74, 6) is 2.08. The van der Waals surface area contributed by atoms with Gasteiger partial charge >= 0.3 is 170 Å².